The van der Waals surface area contributed by atoms with Gasteiger partial charge in [0, 0.05) is 7.05 Å². The molecular weight excluding hydrogens is 336 g/mol. The van der Waals surface area contributed by atoms with Crippen LogP contribution in [0.2, 0.25) is 10.0 Å². The number of hydrogen-bond acceptors (Lipinski definition) is 2. The van der Waals surface area contributed by atoms with E-state index in [9.17, 15) is 22.8 Å². The fourth-order valence-corrected chi connectivity index (χ4v) is 1.94. The van der Waals surface area contributed by atoms with Crippen molar-refractivity contribution in [3.63, 3.8) is 0 Å². The summed E-state index contributed by atoms with van der Waals surface area (Å²) in [7, 11) is 0.941. The van der Waals surface area contributed by atoms with Crippen LogP contribution < -0.4 is 5.32 Å². The summed E-state index contributed by atoms with van der Waals surface area (Å²) in [5.41, 5.74) is -0.381. The number of alkyl halides is 3. The standard InChI is InChI=1S/C11H9Cl2F3N2O3/c1-18(4-11(14,15)16)10(21)17-8-6(12)2-5(9(19)20)3-7(8)13/h2-3H,4H2,1H3,(H,17,21)(H,19,20). The Hall–Kier alpha value is -1.67. The first-order chi connectivity index (χ1) is 9.51. The molecule has 0 bridgehead atoms. The highest BCUT2D eigenvalue weighted by Gasteiger charge is 2.31. The summed E-state index contributed by atoms with van der Waals surface area (Å²) in [5, 5.41) is 10.5. The van der Waals surface area contributed by atoms with Gasteiger partial charge in [0.25, 0.3) is 0 Å². The van der Waals surface area contributed by atoms with E-state index in [0.29, 0.717) is 4.90 Å². The van der Waals surface area contributed by atoms with Gasteiger partial charge in [-0.25, -0.2) is 9.59 Å². The number of nitrogens with zero attached hydrogens (tertiary/aromatic N) is 1. The van der Waals surface area contributed by atoms with Crippen molar-refractivity contribution in [1.82, 2.24) is 4.90 Å². The van der Waals surface area contributed by atoms with Crippen LogP contribution in [-0.2, 0) is 0 Å². The summed E-state index contributed by atoms with van der Waals surface area (Å²) in [6.07, 6.45) is -4.55. The van der Waals surface area contributed by atoms with Gasteiger partial charge in [0.15, 0.2) is 0 Å². The van der Waals surface area contributed by atoms with Crippen LogP contribution in [0.15, 0.2) is 12.1 Å². The van der Waals surface area contributed by atoms with Crippen molar-refractivity contribution in [3.05, 3.63) is 27.7 Å². The molecule has 5 nitrogen and oxygen atoms in total. The van der Waals surface area contributed by atoms with Gasteiger partial charge in [0.2, 0.25) is 0 Å². The number of carboxylic acid groups (broad SMARTS) is 1. The molecule has 1 aromatic rings. The van der Waals surface area contributed by atoms with Crippen LogP contribution in [0.25, 0.3) is 0 Å². The van der Waals surface area contributed by atoms with Crippen molar-refractivity contribution in [2.75, 3.05) is 18.9 Å². The minimum atomic E-state index is -4.55. The molecule has 0 spiro atoms. The third kappa shape index (κ3) is 4.98. The smallest absolute Gasteiger partial charge is 0.406 e. The number of carbonyl (C=O) groups is 2. The van der Waals surface area contributed by atoms with Gasteiger partial charge in [-0.1, -0.05) is 23.2 Å². The number of carbonyl (C=O) groups excluding carboxylic acids is 1. The molecule has 0 unspecified atom stereocenters. The number of nitrogens with one attached hydrogen (secondary N) is 1. The number of urea groups is 1. The van der Waals surface area contributed by atoms with Crippen LogP contribution in [0.1, 0.15) is 10.4 Å². The summed E-state index contributed by atoms with van der Waals surface area (Å²) in [5.74, 6) is -1.29. The van der Waals surface area contributed by atoms with Gasteiger partial charge < -0.3 is 15.3 Å². The Morgan fingerprint density at radius 3 is 2.14 bits per heavy atom. The van der Waals surface area contributed by atoms with E-state index >= 15 is 0 Å². The first kappa shape index (κ1) is 17.4. The normalized spacial score (nSPS) is 11.1. The first-order valence-corrected chi connectivity index (χ1v) is 6.08. The Balaban J connectivity index is 2.93. The molecule has 2 amide bonds. The summed E-state index contributed by atoms with van der Waals surface area (Å²) < 4.78 is 36.5. The predicted octanol–water partition coefficient (Wildman–Crippen LogP) is 3.72. The monoisotopic (exact) mass is 344 g/mol. The molecule has 0 aliphatic heterocycles. The average molecular weight is 345 g/mol. The van der Waals surface area contributed by atoms with E-state index in [2.05, 4.69) is 5.32 Å². The lowest BCUT2D eigenvalue weighted by Gasteiger charge is -2.20. The molecule has 0 aromatic heterocycles. The molecule has 0 radical (unpaired) electrons. The molecule has 10 heteroatoms. The zero-order chi connectivity index (χ0) is 16.4. The molecule has 0 saturated carbocycles. The van der Waals surface area contributed by atoms with Crippen molar-refractivity contribution in [2.24, 2.45) is 0 Å². The highest BCUT2D eigenvalue weighted by Crippen LogP contribution is 2.32. The number of hydrogen-bond donors (Lipinski definition) is 2. The van der Waals surface area contributed by atoms with Gasteiger partial charge in [-0.15, -0.1) is 0 Å². The fourth-order valence-electron chi connectivity index (χ4n) is 1.36. The Labute approximate surface area is 127 Å². The number of rotatable bonds is 3. The van der Waals surface area contributed by atoms with Gasteiger partial charge in [-0.3, -0.25) is 0 Å². The zero-order valence-corrected chi connectivity index (χ0v) is 12.0. The fraction of sp³-hybridized carbons (Fsp3) is 0.273. The van der Waals surface area contributed by atoms with Crippen LogP contribution in [-0.4, -0.2) is 41.8 Å². The Morgan fingerprint density at radius 2 is 1.76 bits per heavy atom. The number of halogens is 5. The zero-order valence-electron chi connectivity index (χ0n) is 10.5. The van der Waals surface area contributed by atoms with Crippen molar-refractivity contribution in [3.8, 4) is 0 Å². The minimum absolute atomic E-state index is 0.164. The lowest BCUT2D eigenvalue weighted by molar-refractivity contribution is -0.137. The largest absolute Gasteiger partial charge is 0.478 e. The highest BCUT2D eigenvalue weighted by molar-refractivity contribution is 6.40. The Bertz CT molecular complexity index is 555. The molecule has 0 heterocycles. The first-order valence-electron chi connectivity index (χ1n) is 5.32. The number of amides is 2. The van der Waals surface area contributed by atoms with Crippen LogP contribution in [0.3, 0.4) is 0 Å². The lowest BCUT2D eigenvalue weighted by atomic mass is 10.2. The van der Waals surface area contributed by atoms with Crippen LogP contribution >= 0.6 is 23.2 Å². The maximum Gasteiger partial charge on any atom is 0.406 e. The van der Waals surface area contributed by atoms with E-state index in [1.165, 1.54) is 0 Å². The number of carboxylic acids is 1. The molecule has 0 aliphatic rings. The van der Waals surface area contributed by atoms with E-state index in [1.54, 1.807) is 0 Å². The van der Waals surface area contributed by atoms with Gasteiger partial charge in [-0.05, 0) is 12.1 Å². The summed E-state index contributed by atoms with van der Waals surface area (Å²) in [6.45, 7) is -1.46. The topological polar surface area (TPSA) is 69.6 Å². The Kier molecular flexibility index (Phi) is 5.30. The second kappa shape index (κ2) is 6.40. The number of anilines is 1. The number of benzene rings is 1. The minimum Gasteiger partial charge on any atom is -0.478 e. The van der Waals surface area contributed by atoms with Crippen molar-refractivity contribution < 1.29 is 27.9 Å². The summed E-state index contributed by atoms with van der Waals surface area (Å²) >= 11 is 11.5. The lowest BCUT2D eigenvalue weighted by Crippen LogP contribution is -2.38. The van der Waals surface area contributed by atoms with E-state index in [4.69, 9.17) is 28.3 Å². The molecule has 0 aliphatic carbocycles. The average Bonchev–Trinajstić information content (AvgIpc) is 2.30. The summed E-state index contributed by atoms with van der Waals surface area (Å²) in [6, 6.07) is 0.962. The summed E-state index contributed by atoms with van der Waals surface area (Å²) in [4.78, 5) is 22.7. The van der Waals surface area contributed by atoms with E-state index in [1.807, 2.05) is 0 Å². The van der Waals surface area contributed by atoms with E-state index in [0.717, 1.165) is 19.2 Å². The molecular formula is C11H9Cl2F3N2O3. The third-order valence-electron chi connectivity index (χ3n) is 2.28. The molecule has 0 fully saturated rings. The third-order valence-corrected chi connectivity index (χ3v) is 2.88. The van der Waals surface area contributed by atoms with Gasteiger partial charge >= 0.3 is 18.2 Å². The van der Waals surface area contributed by atoms with Gasteiger partial charge in [-0.2, -0.15) is 13.2 Å². The van der Waals surface area contributed by atoms with Crippen molar-refractivity contribution in [2.45, 2.75) is 6.18 Å². The SMILES string of the molecule is CN(CC(F)(F)F)C(=O)Nc1c(Cl)cc(C(=O)O)cc1Cl. The van der Waals surface area contributed by atoms with E-state index < -0.39 is 24.7 Å². The predicted molar refractivity (Wildman–Crippen MR) is 71.1 cm³/mol. The molecule has 21 heavy (non-hydrogen) atoms. The maximum absolute atomic E-state index is 12.2. The molecule has 0 atom stereocenters. The molecule has 1 rings (SSSR count). The molecule has 2 N–H and O–H groups in total. The molecule has 116 valence electrons. The second-order valence-electron chi connectivity index (χ2n) is 4.02. The molecule has 1 aromatic carbocycles. The van der Waals surface area contributed by atoms with Gasteiger partial charge in [0.1, 0.15) is 6.54 Å². The number of aromatic carboxylic acids is 1. The van der Waals surface area contributed by atoms with Crippen LogP contribution in [0.4, 0.5) is 23.7 Å². The Morgan fingerprint density at radius 1 is 1.29 bits per heavy atom. The van der Waals surface area contributed by atoms with E-state index in [-0.39, 0.29) is 21.3 Å². The second-order valence-corrected chi connectivity index (χ2v) is 4.84. The van der Waals surface area contributed by atoms with Crippen LogP contribution in [0.5, 0.6) is 0 Å². The highest BCUT2D eigenvalue weighted by atomic mass is 35.5. The maximum atomic E-state index is 12.2. The molecule has 0 saturated heterocycles. The van der Waals surface area contributed by atoms with Crippen molar-refractivity contribution >= 4 is 40.9 Å². The quantitative estimate of drug-likeness (QED) is 0.877. The van der Waals surface area contributed by atoms with Crippen molar-refractivity contribution in [1.29, 1.82) is 0 Å². The van der Waals surface area contributed by atoms with Crippen LogP contribution in [0, 0.1) is 0 Å². The van der Waals surface area contributed by atoms with Gasteiger partial charge in [0.05, 0.1) is 21.3 Å².